The molecule has 1 aromatic carbocycles. The van der Waals surface area contributed by atoms with Gasteiger partial charge in [-0.15, -0.1) is 0 Å². The van der Waals surface area contributed by atoms with E-state index < -0.39 is 0 Å². The molecule has 0 radical (unpaired) electrons. The van der Waals surface area contributed by atoms with E-state index in [4.69, 9.17) is 4.74 Å². The molecule has 19 heavy (non-hydrogen) atoms. The van der Waals surface area contributed by atoms with Gasteiger partial charge < -0.3 is 4.74 Å². The van der Waals surface area contributed by atoms with E-state index in [1.54, 1.807) is 7.11 Å². The summed E-state index contributed by atoms with van der Waals surface area (Å²) in [6.07, 6.45) is 7.06. The molecule has 2 aliphatic carbocycles. The second kappa shape index (κ2) is 5.46. The molecular formula is C17H22O2. The smallest absolute Gasteiger partial charge is 0.166 e. The highest BCUT2D eigenvalue weighted by atomic mass is 16.5. The molecule has 2 nitrogen and oxygen atoms in total. The van der Waals surface area contributed by atoms with Crippen LogP contribution in [0.5, 0.6) is 0 Å². The van der Waals surface area contributed by atoms with Crippen LogP contribution in [0.1, 0.15) is 48.0 Å². The third-order valence-electron chi connectivity index (χ3n) is 4.91. The number of Topliss-reactive ketones (excluding diaryl/α,β-unsaturated/α-hetero) is 1. The van der Waals surface area contributed by atoms with Crippen LogP contribution in [0.3, 0.4) is 0 Å². The van der Waals surface area contributed by atoms with Crippen LogP contribution in [0.2, 0.25) is 0 Å². The van der Waals surface area contributed by atoms with Gasteiger partial charge in [-0.05, 0) is 43.6 Å². The maximum Gasteiger partial charge on any atom is 0.166 e. The first-order chi connectivity index (χ1) is 9.29. The van der Waals surface area contributed by atoms with Crippen molar-refractivity contribution in [2.24, 2.45) is 11.8 Å². The minimum absolute atomic E-state index is 0.229. The lowest BCUT2D eigenvalue weighted by atomic mass is 9.70. The lowest BCUT2D eigenvalue weighted by Crippen LogP contribution is -2.34. The van der Waals surface area contributed by atoms with Crippen molar-refractivity contribution in [2.75, 3.05) is 7.11 Å². The maximum absolute atomic E-state index is 12.7. The summed E-state index contributed by atoms with van der Waals surface area (Å²) < 4.78 is 5.51. The van der Waals surface area contributed by atoms with Gasteiger partial charge >= 0.3 is 0 Å². The van der Waals surface area contributed by atoms with Gasteiger partial charge in [0.25, 0.3) is 0 Å². The Bertz CT molecular complexity index is 466. The van der Waals surface area contributed by atoms with Crippen LogP contribution in [0, 0.1) is 11.8 Å². The summed E-state index contributed by atoms with van der Waals surface area (Å²) in [6, 6.07) is 8.12. The molecule has 2 heteroatoms. The van der Waals surface area contributed by atoms with Crippen LogP contribution in [0.25, 0.3) is 0 Å². The van der Waals surface area contributed by atoms with Crippen molar-refractivity contribution < 1.29 is 9.53 Å². The molecule has 0 saturated heterocycles. The van der Waals surface area contributed by atoms with E-state index in [-0.39, 0.29) is 5.92 Å². The van der Waals surface area contributed by atoms with E-state index in [2.05, 4.69) is 6.07 Å². The van der Waals surface area contributed by atoms with Crippen LogP contribution < -0.4 is 0 Å². The first-order valence-electron chi connectivity index (χ1n) is 7.44. The second-order valence-corrected chi connectivity index (χ2v) is 5.95. The predicted molar refractivity (Wildman–Crippen MR) is 75.3 cm³/mol. The molecule has 0 heterocycles. The number of carbonyl (C=O) groups is 1. The molecule has 102 valence electrons. The zero-order valence-corrected chi connectivity index (χ0v) is 11.6. The van der Waals surface area contributed by atoms with Gasteiger partial charge in [0.2, 0.25) is 0 Å². The Labute approximate surface area is 115 Å². The van der Waals surface area contributed by atoms with Crippen LogP contribution in [-0.4, -0.2) is 19.0 Å². The zero-order valence-electron chi connectivity index (χ0n) is 11.6. The third-order valence-corrected chi connectivity index (χ3v) is 4.91. The quantitative estimate of drug-likeness (QED) is 0.809. The Morgan fingerprint density at radius 2 is 2.00 bits per heavy atom. The maximum atomic E-state index is 12.7. The molecule has 2 aliphatic rings. The number of carbonyl (C=O) groups excluding carboxylic acids is 1. The molecule has 0 N–H and O–H groups in total. The molecule has 0 spiro atoms. The fraction of sp³-hybridized carbons (Fsp3) is 0.588. The van der Waals surface area contributed by atoms with Gasteiger partial charge in [-0.2, -0.15) is 0 Å². The minimum atomic E-state index is 0.229. The molecule has 0 aromatic heterocycles. The average Bonchev–Trinajstić information content (AvgIpc) is 2.48. The summed E-state index contributed by atoms with van der Waals surface area (Å²) in [5.41, 5.74) is 2.21. The Hall–Kier alpha value is -1.15. The summed E-state index contributed by atoms with van der Waals surface area (Å²) in [4.78, 5) is 12.7. The molecule has 3 rings (SSSR count). The molecule has 0 aliphatic heterocycles. The minimum Gasteiger partial charge on any atom is -0.381 e. The lowest BCUT2D eigenvalue weighted by molar-refractivity contribution is 0.0337. The van der Waals surface area contributed by atoms with Crippen molar-refractivity contribution in [1.82, 2.24) is 0 Å². The first-order valence-corrected chi connectivity index (χ1v) is 7.44. The lowest BCUT2D eigenvalue weighted by Gasteiger charge is -2.35. The van der Waals surface area contributed by atoms with E-state index in [1.807, 2.05) is 18.2 Å². The monoisotopic (exact) mass is 258 g/mol. The van der Waals surface area contributed by atoms with Crippen LogP contribution in [0.4, 0.5) is 0 Å². The van der Waals surface area contributed by atoms with Crippen molar-refractivity contribution in [1.29, 1.82) is 0 Å². The molecule has 0 bridgehead atoms. The van der Waals surface area contributed by atoms with Crippen molar-refractivity contribution in [3.05, 3.63) is 35.4 Å². The molecule has 1 saturated carbocycles. The van der Waals surface area contributed by atoms with Crippen molar-refractivity contribution in [3.8, 4) is 0 Å². The SMILES string of the molecule is COC1CCCC(C2CCc3ccccc3C2=O)C1. The summed E-state index contributed by atoms with van der Waals surface area (Å²) in [5.74, 6) is 1.14. The topological polar surface area (TPSA) is 26.3 Å². The molecule has 3 atom stereocenters. The predicted octanol–water partition coefficient (Wildman–Crippen LogP) is 3.64. The van der Waals surface area contributed by atoms with Gasteiger partial charge in [0.15, 0.2) is 5.78 Å². The summed E-state index contributed by atoms with van der Waals surface area (Å²) >= 11 is 0. The molecule has 3 unspecified atom stereocenters. The summed E-state index contributed by atoms with van der Waals surface area (Å²) in [7, 11) is 1.80. The van der Waals surface area contributed by atoms with Gasteiger partial charge in [0, 0.05) is 18.6 Å². The van der Waals surface area contributed by atoms with E-state index >= 15 is 0 Å². The fourth-order valence-electron chi connectivity index (χ4n) is 3.83. The summed E-state index contributed by atoms with van der Waals surface area (Å²) in [5, 5.41) is 0. The normalized spacial score (nSPS) is 31.0. The van der Waals surface area contributed by atoms with Gasteiger partial charge in [0.1, 0.15) is 0 Å². The number of methoxy groups -OCH3 is 1. The molecule has 1 fully saturated rings. The number of fused-ring (bicyclic) bond motifs is 1. The number of ketones is 1. The highest BCUT2D eigenvalue weighted by molar-refractivity contribution is 6.00. The van der Waals surface area contributed by atoms with Crippen LogP contribution >= 0.6 is 0 Å². The largest absolute Gasteiger partial charge is 0.381 e. The fourth-order valence-corrected chi connectivity index (χ4v) is 3.83. The van der Waals surface area contributed by atoms with E-state index in [1.165, 1.54) is 18.4 Å². The highest BCUT2D eigenvalue weighted by Crippen LogP contribution is 2.38. The summed E-state index contributed by atoms with van der Waals surface area (Å²) in [6.45, 7) is 0. The van der Waals surface area contributed by atoms with Gasteiger partial charge in [-0.3, -0.25) is 4.79 Å². The third kappa shape index (κ3) is 2.46. The Balaban J connectivity index is 1.78. The molecular weight excluding hydrogens is 236 g/mol. The van der Waals surface area contributed by atoms with Crippen molar-refractivity contribution in [2.45, 2.75) is 44.6 Å². The van der Waals surface area contributed by atoms with Gasteiger partial charge in [-0.25, -0.2) is 0 Å². The Morgan fingerprint density at radius 3 is 2.84 bits per heavy atom. The number of hydrogen-bond acceptors (Lipinski definition) is 2. The van der Waals surface area contributed by atoms with E-state index in [0.717, 1.165) is 31.2 Å². The number of hydrogen-bond donors (Lipinski definition) is 0. The van der Waals surface area contributed by atoms with Crippen molar-refractivity contribution in [3.63, 3.8) is 0 Å². The number of benzene rings is 1. The Morgan fingerprint density at radius 1 is 1.16 bits per heavy atom. The first kappa shape index (κ1) is 12.9. The average molecular weight is 258 g/mol. The van der Waals surface area contributed by atoms with Crippen LogP contribution in [0.15, 0.2) is 24.3 Å². The number of aryl methyl sites for hydroxylation is 1. The van der Waals surface area contributed by atoms with Gasteiger partial charge in [-0.1, -0.05) is 30.7 Å². The highest BCUT2D eigenvalue weighted by Gasteiger charge is 2.35. The molecule has 0 amide bonds. The van der Waals surface area contributed by atoms with Gasteiger partial charge in [0.05, 0.1) is 6.10 Å². The zero-order chi connectivity index (χ0) is 13.2. The standard InChI is InChI=1S/C17H22O2/c1-19-14-7-4-6-13(11-14)16-10-9-12-5-2-3-8-15(12)17(16)18/h2-3,5,8,13-14,16H,4,6-7,9-11H2,1H3. The second-order valence-electron chi connectivity index (χ2n) is 5.95. The number of rotatable bonds is 2. The number of ether oxygens (including phenoxy) is 1. The van der Waals surface area contributed by atoms with Crippen molar-refractivity contribution >= 4 is 5.78 Å². The molecule has 1 aromatic rings. The van der Waals surface area contributed by atoms with Crippen LogP contribution in [-0.2, 0) is 11.2 Å². The Kier molecular flexibility index (Phi) is 3.69. The van der Waals surface area contributed by atoms with E-state index in [9.17, 15) is 4.79 Å². The van der Waals surface area contributed by atoms with E-state index in [0.29, 0.717) is 17.8 Å².